The standard InChI is InChI=1S/C20H26N2O2.ClH/c1-14(2)12-18(17-6-4-5-7-19(17)24-3)22-20(23)13-15-8-10-16(21)11-9-15;/h4-11,14,18H,12-13,21H2,1-3H3,(H,22,23);1H. The number of benzene rings is 2. The maximum atomic E-state index is 12.5. The first-order valence-corrected chi connectivity index (χ1v) is 8.26. The smallest absolute Gasteiger partial charge is 0.224 e. The van der Waals surface area contributed by atoms with E-state index in [2.05, 4.69) is 19.2 Å². The minimum atomic E-state index is -0.0672. The molecule has 3 N–H and O–H groups in total. The Labute approximate surface area is 156 Å². The molecule has 0 fully saturated rings. The zero-order valence-electron chi connectivity index (χ0n) is 15.0. The molecule has 0 spiro atoms. The molecule has 1 unspecified atom stereocenters. The molecule has 0 aliphatic heterocycles. The number of nitrogens with one attached hydrogen (secondary N) is 1. The third kappa shape index (κ3) is 6.31. The van der Waals surface area contributed by atoms with Gasteiger partial charge in [0.1, 0.15) is 5.75 Å². The topological polar surface area (TPSA) is 64.3 Å². The summed E-state index contributed by atoms with van der Waals surface area (Å²) in [5.41, 5.74) is 8.35. The number of para-hydroxylation sites is 1. The van der Waals surface area contributed by atoms with E-state index in [1.54, 1.807) is 7.11 Å². The Morgan fingerprint density at radius 1 is 1.12 bits per heavy atom. The van der Waals surface area contributed by atoms with Gasteiger partial charge in [0.2, 0.25) is 5.91 Å². The third-order valence-electron chi connectivity index (χ3n) is 3.90. The number of amides is 1. The number of nitrogens with two attached hydrogens (primary N) is 1. The van der Waals surface area contributed by atoms with E-state index in [0.29, 0.717) is 18.0 Å². The summed E-state index contributed by atoms with van der Waals surface area (Å²) in [6, 6.07) is 15.2. The highest BCUT2D eigenvalue weighted by Gasteiger charge is 2.19. The highest BCUT2D eigenvalue weighted by atomic mass is 35.5. The first-order chi connectivity index (χ1) is 11.5. The Morgan fingerprint density at radius 2 is 1.76 bits per heavy atom. The molecule has 1 amide bonds. The zero-order chi connectivity index (χ0) is 17.5. The Balaban J connectivity index is 0.00000312. The summed E-state index contributed by atoms with van der Waals surface area (Å²) in [5.74, 6) is 1.25. The van der Waals surface area contributed by atoms with Gasteiger partial charge in [-0.05, 0) is 36.1 Å². The normalized spacial score (nSPS) is 11.5. The molecule has 0 aliphatic carbocycles. The first-order valence-electron chi connectivity index (χ1n) is 8.26. The van der Waals surface area contributed by atoms with Crippen molar-refractivity contribution in [2.24, 2.45) is 5.92 Å². The van der Waals surface area contributed by atoms with Crippen molar-refractivity contribution in [2.75, 3.05) is 12.8 Å². The summed E-state index contributed by atoms with van der Waals surface area (Å²) in [5, 5.41) is 3.15. The molecule has 2 aromatic rings. The molecule has 2 aromatic carbocycles. The summed E-state index contributed by atoms with van der Waals surface area (Å²) in [6.07, 6.45) is 1.19. The van der Waals surface area contributed by atoms with E-state index in [-0.39, 0.29) is 24.4 Å². The van der Waals surface area contributed by atoms with Crippen LogP contribution in [0.25, 0.3) is 0 Å². The van der Waals surface area contributed by atoms with Crippen LogP contribution >= 0.6 is 12.4 Å². The number of hydrogen-bond acceptors (Lipinski definition) is 3. The van der Waals surface area contributed by atoms with Crippen LogP contribution in [-0.2, 0) is 11.2 Å². The molecule has 4 nitrogen and oxygen atoms in total. The van der Waals surface area contributed by atoms with Gasteiger partial charge < -0.3 is 15.8 Å². The molecule has 1 atom stereocenters. The molecule has 5 heteroatoms. The fourth-order valence-corrected chi connectivity index (χ4v) is 2.76. The number of nitrogen functional groups attached to an aromatic ring is 1. The van der Waals surface area contributed by atoms with Crippen LogP contribution in [0.3, 0.4) is 0 Å². The summed E-state index contributed by atoms with van der Waals surface area (Å²) >= 11 is 0. The van der Waals surface area contributed by atoms with Crippen LogP contribution in [0.2, 0.25) is 0 Å². The van der Waals surface area contributed by atoms with E-state index in [4.69, 9.17) is 10.5 Å². The molecule has 0 heterocycles. The Kier molecular flexibility index (Phi) is 8.29. The molecule has 0 aromatic heterocycles. The van der Waals surface area contributed by atoms with Crippen LogP contribution in [0.4, 0.5) is 5.69 Å². The van der Waals surface area contributed by atoms with E-state index >= 15 is 0 Å². The van der Waals surface area contributed by atoms with Crippen molar-refractivity contribution >= 4 is 24.0 Å². The molecule has 0 saturated carbocycles. The molecule has 0 aliphatic rings. The monoisotopic (exact) mass is 362 g/mol. The molecule has 0 saturated heterocycles. The minimum absolute atomic E-state index is 0. The van der Waals surface area contributed by atoms with Gasteiger partial charge in [-0.2, -0.15) is 0 Å². The number of methoxy groups -OCH3 is 1. The van der Waals surface area contributed by atoms with Gasteiger partial charge in [0.15, 0.2) is 0 Å². The van der Waals surface area contributed by atoms with Crippen molar-refractivity contribution in [3.05, 3.63) is 59.7 Å². The SMILES string of the molecule is COc1ccccc1C(CC(C)C)NC(=O)Cc1ccc(N)cc1.Cl. The van der Waals surface area contributed by atoms with Crippen molar-refractivity contribution in [3.63, 3.8) is 0 Å². The third-order valence-corrected chi connectivity index (χ3v) is 3.90. The van der Waals surface area contributed by atoms with E-state index in [1.807, 2.05) is 48.5 Å². The van der Waals surface area contributed by atoms with Crippen LogP contribution < -0.4 is 15.8 Å². The zero-order valence-corrected chi connectivity index (χ0v) is 15.8. The molecule has 136 valence electrons. The lowest BCUT2D eigenvalue weighted by molar-refractivity contribution is -0.121. The van der Waals surface area contributed by atoms with Crippen LogP contribution in [0.15, 0.2) is 48.5 Å². The number of ether oxygens (including phenoxy) is 1. The summed E-state index contributed by atoms with van der Waals surface area (Å²) < 4.78 is 5.46. The number of carbonyl (C=O) groups is 1. The lowest BCUT2D eigenvalue weighted by atomic mass is 9.96. The van der Waals surface area contributed by atoms with Crippen molar-refractivity contribution < 1.29 is 9.53 Å². The average Bonchev–Trinajstić information content (AvgIpc) is 2.56. The Hall–Kier alpha value is -2.20. The van der Waals surface area contributed by atoms with E-state index in [1.165, 1.54) is 0 Å². The number of hydrogen-bond donors (Lipinski definition) is 2. The van der Waals surface area contributed by atoms with Gasteiger partial charge in [-0.3, -0.25) is 4.79 Å². The average molecular weight is 363 g/mol. The first kappa shape index (κ1) is 20.8. The lowest BCUT2D eigenvalue weighted by Gasteiger charge is -2.23. The highest BCUT2D eigenvalue weighted by molar-refractivity contribution is 5.85. The van der Waals surface area contributed by atoms with Gasteiger partial charge in [-0.1, -0.05) is 44.2 Å². The summed E-state index contributed by atoms with van der Waals surface area (Å²) in [7, 11) is 1.65. The van der Waals surface area contributed by atoms with Crippen LogP contribution in [0.1, 0.15) is 37.4 Å². The van der Waals surface area contributed by atoms with Gasteiger partial charge in [0.25, 0.3) is 0 Å². The molecule has 25 heavy (non-hydrogen) atoms. The number of carbonyl (C=O) groups excluding carboxylic acids is 1. The maximum Gasteiger partial charge on any atom is 0.224 e. The highest BCUT2D eigenvalue weighted by Crippen LogP contribution is 2.29. The van der Waals surface area contributed by atoms with Gasteiger partial charge in [-0.15, -0.1) is 12.4 Å². The molecule has 0 radical (unpaired) electrons. The van der Waals surface area contributed by atoms with Gasteiger partial charge in [0, 0.05) is 11.3 Å². The van der Waals surface area contributed by atoms with E-state index < -0.39 is 0 Å². The predicted octanol–water partition coefficient (Wildman–Crippen LogP) is 4.15. The Morgan fingerprint density at radius 3 is 2.36 bits per heavy atom. The quantitative estimate of drug-likeness (QED) is 0.727. The van der Waals surface area contributed by atoms with E-state index in [9.17, 15) is 4.79 Å². The second-order valence-corrected chi connectivity index (χ2v) is 6.41. The van der Waals surface area contributed by atoms with Crippen molar-refractivity contribution in [3.8, 4) is 5.75 Å². The van der Waals surface area contributed by atoms with Crippen molar-refractivity contribution in [1.82, 2.24) is 5.32 Å². The maximum absolute atomic E-state index is 12.5. The fourth-order valence-electron chi connectivity index (χ4n) is 2.76. The van der Waals surface area contributed by atoms with Crippen molar-refractivity contribution in [1.29, 1.82) is 0 Å². The molecular weight excluding hydrogens is 336 g/mol. The van der Waals surface area contributed by atoms with Crippen molar-refractivity contribution in [2.45, 2.75) is 32.7 Å². The number of rotatable bonds is 7. The molecular formula is C20H27ClN2O2. The molecule has 0 bridgehead atoms. The molecule has 2 rings (SSSR count). The number of halogens is 1. The predicted molar refractivity (Wildman–Crippen MR) is 105 cm³/mol. The second-order valence-electron chi connectivity index (χ2n) is 6.41. The van der Waals surface area contributed by atoms with Gasteiger partial charge in [-0.25, -0.2) is 0 Å². The van der Waals surface area contributed by atoms with Crippen LogP contribution in [0.5, 0.6) is 5.75 Å². The van der Waals surface area contributed by atoms with Gasteiger partial charge >= 0.3 is 0 Å². The van der Waals surface area contributed by atoms with Gasteiger partial charge in [0.05, 0.1) is 19.6 Å². The lowest BCUT2D eigenvalue weighted by Crippen LogP contribution is -2.31. The summed E-state index contributed by atoms with van der Waals surface area (Å²) in [4.78, 5) is 12.5. The van der Waals surface area contributed by atoms with E-state index in [0.717, 1.165) is 23.3 Å². The largest absolute Gasteiger partial charge is 0.496 e. The second kappa shape index (κ2) is 9.94. The number of anilines is 1. The Bertz CT molecular complexity index is 672. The fraction of sp³-hybridized carbons (Fsp3) is 0.350. The minimum Gasteiger partial charge on any atom is -0.496 e. The summed E-state index contributed by atoms with van der Waals surface area (Å²) in [6.45, 7) is 4.29. The van der Waals surface area contributed by atoms with Crippen LogP contribution in [0, 0.1) is 5.92 Å². The van der Waals surface area contributed by atoms with Crippen LogP contribution in [-0.4, -0.2) is 13.0 Å².